The number of ether oxygens (including phenoxy) is 2. The molecular weight excluding hydrogens is 356 g/mol. The maximum Gasteiger partial charge on any atom is 0.237 e. The first-order chi connectivity index (χ1) is 10.5. The van der Waals surface area contributed by atoms with Gasteiger partial charge in [-0.15, -0.1) is 0 Å². The van der Waals surface area contributed by atoms with E-state index in [4.69, 9.17) is 9.47 Å². The molecule has 0 aliphatic carbocycles. The van der Waals surface area contributed by atoms with E-state index in [2.05, 4.69) is 21.2 Å². The summed E-state index contributed by atoms with van der Waals surface area (Å²) >= 11 is 3.38. The molecule has 1 aromatic rings. The largest absolute Gasteiger partial charge is 0.492 e. The van der Waals surface area contributed by atoms with Gasteiger partial charge in [0.1, 0.15) is 6.04 Å². The highest BCUT2D eigenvalue weighted by Gasteiger charge is 2.38. The lowest BCUT2D eigenvalue weighted by Crippen LogP contribution is -2.45. The molecule has 2 atom stereocenters. The van der Waals surface area contributed by atoms with E-state index in [0.717, 1.165) is 0 Å². The van der Waals surface area contributed by atoms with E-state index >= 15 is 0 Å². The van der Waals surface area contributed by atoms with Crippen molar-refractivity contribution >= 4 is 21.8 Å². The number of rotatable bonds is 5. The Balaban J connectivity index is 2.44. The average molecular weight is 373 g/mol. The fourth-order valence-electron chi connectivity index (χ4n) is 2.55. The van der Waals surface area contributed by atoms with Gasteiger partial charge in [0.05, 0.1) is 18.2 Å². The summed E-state index contributed by atoms with van der Waals surface area (Å²) in [6.45, 7) is 2.27. The van der Waals surface area contributed by atoms with Crippen LogP contribution < -0.4 is 14.8 Å². The van der Waals surface area contributed by atoms with Gasteiger partial charge in [-0.1, -0.05) is 0 Å². The van der Waals surface area contributed by atoms with E-state index in [1.165, 1.54) is 7.11 Å². The van der Waals surface area contributed by atoms with E-state index in [1.54, 1.807) is 12.1 Å². The minimum atomic E-state index is -0.854. The number of nitrogens with zero attached hydrogens (tertiary/aromatic N) is 1. The Morgan fingerprint density at radius 3 is 2.82 bits per heavy atom. The van der Waals surface area contributed by atoms with E-state index in [0.29, 0.717) is 28.1 Å². The maximum atomic E-state index is 11.6. The van der Waals surface area contributed by atoms with Crippen molar-refractivity contribution in [3.05, 3.63) is 32.3 Å². The molecule has 0 radical (unpaired) electrons. The lowest BCUT2D eigenvalue weighted by Gasteiger charge is -2.27. The summed E-state index contributed by atoms with van der Waals surface area (Å²) in [4.78, 5) is 22.5. The molecule has 0 aromatic heterocycles. The molecule has 22 heavy (non-hydrogen) atoms. The number of methoxy groups -OCH3 is 1. The normalized spacial score (nSPS) is 21.1. The zero-order valence-corrected chi connectivity index (χ0v) is 13.9. The number of hydrogen-bond acceptors (Lipinski definition) is 5. The second kappa shape index (κ2) is 6.95. The summed E-state index contributed by atoms with van der Waals surface area (Å²) in [6.07, 6.45) is 0.384. The number of carbonyl (C=O) groups excluding carboxylic acids is 1. The second-order valence-electron chi connectivity index (χ2n) is 4.90. The van der Waals surface area contributed by atoms with Crippen molar-refractivity contribution in [2.75, 3.05) is 13.7 Å². The van der Waals surface area contributed by atoms with Gasteiger partial charge in [-0.05, 0) is 40.5 Å². The summed E-state index contributed by atoms with van der Waals surface area (Å²) < 4.78 is 11.4. The van der Waals surface area contributed by atoms with Gasteiger partial charge >= 0.3 is 0 Å². The minimum absolute atomic E-state index is 0.164. The second-order valence-corrected chi connectivity index (χ2v) is 5.76. The molecular formula is C14H17BrN2O5. The molecule has 1 aromatic carbocycles. The molecule has 1 aliphatic rings. The number of carbonyl (C=O) groups is 1. The molecule has 1 N–H and O–H groups in total. The summed E-state index contributed by atoms with van der Waals surface area (Å²) in [7, 11) is 1.52. The Morgan fingerprint density at radius 2 is 2.23 bits per heavy atom. The third-order valence-corrected chi connectivity index (χ3v) is 4.12. The fourth-order valence-corrected chi connectivity index (χ4v) is 3.17. The number of nitro groups is 1. The molecule has 0 saturated carbocycles. The van der Waals surface area contributed by atoms with Crippen molar-refractivity contribution < 1.29 is 19.2 Å². The molecule has 8 heteroatoms. The predicted molar refractivity (Wildman–Crippen MR) is 82.8 cm³/mol. The molecule has 1 amide bonds. The molecule has 2 rings (SSSR count). The molecule has 120 valence electrons. The van der Waals surface area contributed by atoms with Crippen LogP contribution in [0.5, 0.6) is 11.5 Å². The van der Waals surface area contributed by atoms with Crippen molar-refractivity contribution in [3.8, 4) is 11.5 Å². The van der Waals surface area contributed by atoms with Crippen molar-refractivity contribution in [2.24, 2.45) is 0 Å². The third-order valence-electron chi connectivity index (χ3n) is 3.53. The van der Waals surface area contributed by atoms with Crippen molar-refractivity contribution in [1.82, 2.24) is 5.32 Å². The minimum Gasteiger partial charge on any atom is -0.492 e. The standard InChI is InChI=1S/C14H17BrN2O5/c1-3-22-11-7-8(6-9(15)14(11)21-2)13-10(17(19)20)4-5-12(18)16-13/h6-7,10,13H,3-5H2,1-2H3,(H,16,18)/t10-,13+/m1/s1. The smallest absolute Gasteiger partial charge is 0.237 e. The van der Waals surface area contributed by atoms with Gasteiger partial charge in [-0.2, -0.15) is 0 Å². The van der Waals surface area contributed by atoms with Gasteiger partial charge in [-0.25, -0.2) is 0 Å². The Kier molecular flexibility index (Phi) is 5.23. The Morgan fingerprint density at radius 1 is 1.50 bits per heavy atom. The van der Waals surface area contributed by atoms with Crippen LogP contribution in [-0.4, -0.2) is 30.6 Å². The van der Waals surface area contributed by atoms with Gasteiger partial charge in [0.2, 0.25) is 11.9 Å². The summed E-state index contributed by atoms with van der Waals surface area (Å²) in [5.74, 6) is 0.815. The first-order valence-electron chi connectivity index (χ1n) is 6.91. The van der Waals surface area contributed by atoms with Crippen LogP contribution in [0.15, 0.2) is 16.6 Å². The number of hydrogen-bond donors (Lipinski definition) is 1. The third kappa shape index (κ3) is 3.32. The summed E-state index contributed by atoms with van der Waals surface area (Å²) in [6, 6.07) is 1.86. The van der Waals surface area contributed by atoms with Gasteiger partial charge < -0.3 is 14.8 Å². The zero-order valence-electron chi connectivity index (χ0n) is 12.3. The van der Waals surface area contributed by atoms with Crippen LogP contribution >= 0.6 is 15.9 Å². The lowest BCUT2D eigenvalue weighted by molar-refractivity contribution is -0.529. The quantitative estimate of drug-likeness (QED) is 0.633. The Bertz CT molecular complexity index is 593. The topological polar surface area (TPSA) is 90.7 Å². The highest BCUT2D eigenvalue weighted by Crippen LogP contribution is 2.39. The molecule has 7 nitrogen and oxygen atoms in total. The molecule has 0 spiro atoms. The van der Waals surface area contributed by atoms with E-state index in [9.17, 15) is 14.9 Å². The van der Waals surface area contributed by atoms with Gasteiger partial charge in [0, 0.05) is 17.8 Å². The average Bonchev–Trinajstić information content (AvgIpc) is 2.46. The van der Waals surface area contributed by atoms with Gasteiger partial charge in [-0.3, -0.25) is 14.9 Å². The SMILES string of the molecule is CCOc1cc([C@@H]2NC(=O)CC[C@H]2[N+](=O)[O-])cc(Br)c1OC. The number of halogens is 1. The van der Waals surface area contributed by atoms with E-state index < -0.39 is 12.1 Å². The van der Waals surface area contributed by atoms with Crippen LogP contribution in [0.1, 0.15) is 31.4 Å². The highest BCUT2D eigenvalue weighted by molar-refractivity contribution is 9.10. The number of amides is 1. The monoisotopic (exact) mass is 372 g/mol. The van der Waals surface area contributed by atoms with Crippen LogP contribution in [0.3, 0.4) is 0 Å². The highest BCUT2D eigenvalue weighted by atomic mass is 79.9. The maximum absolute atomic E-state index is 11.6. The number of benzene rings is 1. The molecule has 1 saturated heterocycles. The van der Waals surface area contributed by atoms with Crippen molar-refractivity contribution in [3.63, 3.8) is 0 Å². The number of nitrogens with one attached hydrogen (secondary N) is 1. The first kappa shape index (κ1) is 16.5. The zero-order chi connectivity index (χ0) is 16.3. The molecule has 0 unspecified atom stereocenters. The summed E-state index contributed by atoms with van der Waals surface area (Å²) in [5.41, 5.74) is 0.617. The van der Waals surface area contributed by atoms with Gasteiger partial charge in [0.25, 0.3) is 0 Å². The predicted octanol–water partition coefficient (Wildman–Crippen LogP) is 2.45. The first-order valence-corrected chi connectivity index (χ1v) is 7.70. The molecule has 0 bridgehead atoms. The van der Waals surface area contributed by atoms with Crippen molar-refractivity contribution in [1.29, 1.82) is 0 Å². The van der Waals surface area contributed by atoms with E-state index in [-0.39, 0.29) is 23.7 Å². The lowest BCUT2D eigenvalue weighted by atomic mass is 9.92. The van der Waals surface area contributed by atoms with Gasteiger partial charge in [0.15, 0.2) is 11.5 Å². The van der Waals surface area contributed by atoms with Crippen LogP contribution in [0, 0.1) is 10.1 Å². The Labute approximate surface area is 136 Å². The van der Waals surface area contributed by atoms with Crippen LogP contribution in [0.2, 0.25) is 0 Å². The molecule has 1 aliphatic heterocycles. The van der Waals surface area contributed by atoms with Crippen LogP contribution in [0.4, 0.5) is 0 Å². The molecule has 1 heterocycles. The fraction of sp³-hybridized carbons (Fsp3) is 0.500. The summed E-state index contributed by atoms with van der Waals surface area (Å²) in [5, 5.41) is 14.0. The Hall–Kier alpha value is -1.83. The number of piperidine rings is 1. The van der Waals surface area contributed by atoms with Crippen LogP contribution in [0.25, 0.3) is 0 Å². The van der Waals surface area contributed by atoms with Crippen LogP contribution in [-0.2, 0) is 4.79 Å². The van der Waals surface area contributed by atoms with E-state index in [1.807, 2.05) is 6.92 Å². The van der Waals surface area contributed by atoms with Crippen molar-refractivity contribution in [2.45, 2.75) is 31.8 Å². The molecule has 1 fully saturated rings.